The third kappa shape index (κ3) is 2.47. The number of anilines is 1. The van der Waals surface area contributed by atoms with Gasteiger partial charge in [0.1, 0.15) is 5.82 Å². The van der Waals surface area contributed by atoms with Gasteiger partial charge in [-0.2, -0.15) is 0 Å². The summed E-state index contributed by atoms with van der Waals surface area (Å²) in [5.41, 5.74) is 5.74. The first kappa shape index (κ1) is 11.7. The van der Waals surface area contributed by atoms with Gasteiger partial charge in [-0.05, 0) is 12.1 Å². The van der Waals surface area contributed by atoms with Crippen molar-refractivity contribution in [3.05, 3.63) is 63.3 Å². The molecule has 0 aliphatic carbocycles. The molecule has 3 nitrogen and oxygen atoms in total. The van der Waals surface area contributed by atoms with Crippen molar-refractivity contribution >= 4 is 17.3 Å². The summed E-state index contributed by atoms with van der Waals surface area (Å²) < 4.78 is 15.1. The van der Waals surface area contributed by atoms with Gasteiger partial charge in [-0.1, -0.05) is 17.7 Å². The van der Waals surface area contributed by atoms with Crippen LogP contribution in [0.5, 0.6) is 0 Å². The van der Waals surface area contributed by atoms with Gasteiger partial charge >= 0.3 is 0 Å². The second-order valence-corrected chi connectivity index (χ2v) is 4.04. The largest absolute Gasteiger partial charge is 0.394 e. The highest BCUT2D eigenvalue weighted by Gasteiger charge is 2.07. The van der Waals surface area contributed by atoms with Crippen LogP contribution in [0.15, 0.2) is 41.5 Å². The molecule has 1 aromatic carbocycles. The van der Waals surface area contributed by atoms with E-state index in [1.54, 1.807) is 22.9 Å². The van der Waals surface area contributed by atoms with Crippen LogP contribution in [0, 0.1) is 5.82 Å². The number of benzene rings is 1. The van der Waals surface area contributed by atoms with Gasteiger partial charge in [0.25, 0.3) is 0 Å². The molecule has 0 fully saturated rings. The minimum absolute atomic E-state index is 0.125. The Labute approximate surface area is 102 Å². The molecule has 1 aromatic heterocycles. The number of halogens is 2. The smallest absolute Gasteiger partial charge is 0.204 e. The second kappa shape index (κ2) is 4.59. The lowest BCUT2D eigenvalue weighted by Crippen LogP contribution is -2.12. The predicted molar refractivity (Wildman–Crippen MR) is 65.6 cm³/mol. The molecule has 17 heavy (non-hydrogen) atoms. The first-order valence-corrected chi connectivity index (χ1v) is 5.34. The Morgan fingerprint density at radius 3 is 2.76 bits per heavy atom. The molecule has 2 N–H and O–H groups in total. The van der Waals surface area contributed by atoms with E-state index in [2.05, 4.69) is 0 Å². The van der Waals surface area contributed by atoms with Gasteiger partial charge in [-0.25, -0.2) is 4.39 Å². The lowest BCUT2D eigenvalue weighted by Gasteiger charge is -2.09. The van der Waals surface area contributed by atoms with E-state index < -0.39 is 0 Å². The van der Waals surface area contributed by atoms with Gasteiger partial charge in [0.2, 0.25) is 5.43 Å². The molecule has 0 spiro atoms. The summed E-state index contributed by atoms with van der Waals surface area (Å²) in [7, 11) is 0. The van der Waals surface area contributed by atoms with Crippen molar-refractivity contribution in [2.45, 2.75) is 6.54 Å². The number of hydrogen-bond acceptors (Lipinski definition) is 2. The monoisotopic (exact) mass is 252 g/mol. The Hall–Kier alpha value is -1.81. The fourth-order valence-electron chi connectivity index (χ4n) is 1.51. The van der Waals surface area contributed by atoms with Crippen LogP contribution in [-0.4, -0.2) is 4.57 Å². The zero-order valence-electron chi connectivity index (χ0n) is 8.86. The zero-order chi connectivity index (χ0) is 12.4. The van der Waals surface area contributed by atoms with E-state index in [1.165, 1.54) is 18.3 Å². The maximum absolute atomic E-state index is 13.5. The Kier molecular flexibility index (Phi) is 3.15. The molecular weight excluding hydrogens is 243 g/mol. The van der Waals surface area contributed by atoms with E-state index in [-0.39, 0.29) is 23.5 Å². The van der Waals surface area contributed by atoms with E-state index in [0.29, 0.717) is 10.6 Å². The maximum Gasteiger partial charge on any atom is 0.204 e. The Balaban J connectivity index is 2.38. The van der Waals surface area contributed by atoms with Gasteiger partial charge in [0.15, 0.2) is 0 Å². The molecule has 0 bridgehead atoms. The number of nitrogens with zero attached hydrogens (tertiary/aromatic N) is 1. The van der Waals surface area contributed by atoms with Crippen molar-refractivity contribution in [1.82, 2.24) is 4.57 Å². The third-order valence-electron chi connectivity index (χ3n) is 2.41. The first-order chi connectivity index (χ1) is 8.08. The highest BCUT2D eigenvalue weighted by atomic mass is 35.5. The lowest BCUT2D eigenvalue weighted by atomic mass is 10.2. The van der Waals surface area contributed by atoms with Crippen molar-refractivity contribution in [1.29, 1.82) is 0 Å². The number of pyridine rings is 1. The normalized spacial score (nSPS) is 10.5. The summed E-state index contributed by atoms with van der Waals surface area (Å²) in [5.74, 6) is -0.380. The van der Waals surface area contributed by atoms with Crippen LogP contribution < -0.4 is 11.2 Å². The zero-order valence-corrected chi connectivity index (χ0v) is 9.62. The molecule has 0 radical (unpaired) electrons. The highest BCUT2D eigenvalue weighted by molar-refractivity contribution is 6.31. The van der Waals surface area contributed by atoms with E-state index in [9.17, 15) is 9.18 Å². The summed E-state index contributed by atoms with van der Waals surface area (Å²) in [6, 6.07) is 5.84. The average Bonchev–Trinajstić information content (AvgIpc) is 2.28. The summed E-state index contributed by atoms with van der Waals surface area (Å²) in [4.78, 5) is 11.1. The molecule has 1 heterocycles. The fraction of sp³-hybridized carbons (Fsp3) is 0.0833. The van der Waals surface area contributed by atoms with E-state index in [4.69, 9.17) is 17.3 Å². The van der Waals surface area contributed by atoms with Crippen LogP contribution in [0.3, 0.4) is 0 Å². The van der Waals surface area contributed by atoms with Crippen molar-refractivity contribution in [3.63, 3.8) is 0 Å². The molecule has 0 unspecified atom stereocenters. The standard InChI is InChI=1S/C12H10ClFN2O/c13-9-2-1-3-10(14)8(9)6-16-5-4-12(17)11(15)7-16/h1-5,7H,6,15H2. The summed E-state index contributed by atoms with van der Waals surface area (Å²) >= 11 is 5.90. The molecule has 0 saturated carbocycles. The van der Waals surface area contributed by atoms with Crippen LogP contribution in [0.1, 0.15) is 5.56 Å². The maximum atomic E-state index is 13.5. The Morgan fingerprint density at radius 1 is 1.35 bits per heavy atom. The summed E-state index contributed by atoms with van der Waals surface area (Å²) in [6.07, 6.45) is 3.01. The van der Waals surface area contributed by atoms with Gasteiger partial charge in [-0.3, -0.25) is 4.79 Å². The summed E-state index contributed by atoms with van der Waals surface area (Å²) in [6.45, 7) is 0.232. The molecule has 2 rings (SSSR count). The van der Waals surface area contributed by atoms with E-state index in [1.807, 2.05) is 0 Å². The molecule has 5 heteroatoms. The average molecular weight is 253 g/mol. The minimum Gasteiger partial charge on any atom is -0.394 e. The second-order valence-electron chi connectivity index (χ2n) is 3.64. The number of nitrogen functional groups attached to an aromatic ring is 1. The van der Waals surface area contributed by atoms with E-state index in [0.717, 1.165) is 0 Å². The fourth-order valence-corrected chi connectivity index (χ4v) is 1.73. The minimum atomic E-state index is -0.380. The molecule has 0 atom stereocenters. The van der Waals surface area contributed by atoms with Crippen molar-refractivity contribution in [2.75, 3.05) is 5.73 Å². The SMILES string of the molecule is Nc1cn(Cc2c(F)cccc2Cl)ccc1=O. The quantitative estimate of drug-likeness (QED) is 0.891. The predicted octanol–water partition coefficient (Wildman–Crippen LogP) is 2.27. The molecule has 0 aliphatic heterocycles. The molecule has 0 aliphatic rings. The van der Waals surface area contributed by atoms with Crippen molar-refractivity contribution < 1.29 is 4.39 Å². The number of aromatic nitrogens is 1. The van der Waals surface area contributed by atoms with Gasteiger partial charge in [0, 0.05) is 29.0 Å². The first-order valence-electron chi connectivity index (χ1n) is 4.96. The molecule has 2 aromatic rings. The van der Waals surface area contributed by atoms with Crippen molar-refractivity contribution in [3.8, 4) is 0 Å². The third-order valence-corrected chi connectivity index (χ3v) is 2.76. The van der Waals surface area contributed by atoms with Gasteiger partial charge in [0.05, 0.1) is 12.2 Å². The molecular formula is C12H10ClFN2O. The van der Waals surface area contributed by atoms with E-state index >= 15 is 0 Å². The van der Waals surface area contributed by atoms with Gasteiger partial charge < -0.3 is 10.3 Å². The molecule has 0 amide bonds. The van der Waals surface area contributed by atoms with Crippen LogP contribution in [0.25, 0.3) is 0 Å². The number of rotatable bonds is 2. The number of nitrogens with two attached hydrogens (primary N) is 1. The molecule has 0 saturated heterocycles. The topological polar surface area (TPSA) is 48.0 Å². The van der Waals surface area contributed by atoms with Crippen LogP contribution in [0.2, 0.25) is 5.02 Å². The lowest BCUT2D eigenvalue weighted by molar-refractivity contribution is 0.599. The summed E-state index contributed by atoms with van der Waals surface area (Å²) in [5, 5.41) is 0.349. The van der Waals surface area contributed by atoms with Crippen LogP contribution in [0.4, 0.5) is 10.1 Å². The van der Waals surface area contributed by atoms with Crippen LogP contribution >= 0.6 is 11.6 Å². The Morgan fingerprint density at radius 2 is 2.12 bits per heavy atom. The Bertz CT molecular complexity index is 589. The van der Waals surface area contributed by atoms with Gasteiger partial charge in [-0.15, -0.1) is 0 Å². The highest BCUT2D eigenvalue weighted by Crippen LogP contribution is 2.19. The van der Waals surface area contributed by atoms with Crippen molar-refractivity contribution in [2.24, 2.45) is 0 Å². The molecule has 88 valence electrons. The van der Waals surface area contributed by atoms with Crippen LogP contribution in [-0.2, 0) is 6.54 Å². The number of hydrogen-bond donors (Lipinski definition) is 1.